The van der Waals surface area contributed by atoms with Crippen LogP contribution in [0.4, 0.5) is 5.69 Å². The van der Waals surface area contributed by atoms with Crippen LogP contribution < -0.4 is 9.64 Å². The number of pyridine rings is 1. The van der Waals surface area contributed by atoms with Crippen molar-refractivity contribution in [1.29, 1.82) is 0 Å². The van der Waals surface area contributed by atoms with Crippen LogP contribution in [0.3, 0.4) is 0 Å². The average molecular weight is 463 g/mol. The maximum Gasteiger partial charge on any atom is 0.300 e. The largest absolute Gasteiger partial charge is 0.507 e. The molecule has 0 radical (unpaired) electrons. The monoisotopic (exact) mass is 462 g/mol. The molecule has 1 aliphatic heterocycles. The highest BCUT2D eigenvalue weighted by molar-refractivity contribution is 6.51. The quantitative estimate of drug-likeness (QED) is 0.230. The molecule has 0 bridgehead atoms. The fraction of sp³-hybridized carbons (Fsp3) is 0.0690. The number of para-hydroxylation sites is 1. The molecule has 3 aromatic carbocycles. The molecule has 6 nitrogen and oxygen atoms in total. The Morgan fingerprint density at radius 1 is 0.857 bits per heavy atom. The number of ether oxygens (including phenoxy) is 1. The van der Waals surface area contributed by atoms with E-state index in [0.717, 1.165) is 5.56 Å². The predicted octanol–water partition coefficient (Wildman–Crippen LogP) is 5.81. The standard InChI is InChI=1S/C29H22N2O4/c1-19-10-12-22(13-11-19)31-26(21-6-5-9-24(18-21)35-23-7-3-2-4-8-23)25(28(33)29(31)34)27(32)20-14-16-30-17-15-20/h2-18,26,32H,1H3/b27-25-. The summed E-state index contributed by atoms with van der Waals surface area (Å²) in [6.07, 6.45) is 3.04. The van der Waals surface area contributed by atoms with E-state index in [9.17, 15) is 14.7 Å². The molecule has 172 valence electrons. The zero-order valence-corrected chi connectivity index (χ0v) is 19.0. The van der Waals surface area contributed by atoms with Gasteiger partial charge in [-0.2, -0.15) is 0 Å². The van der Waals surface area contributed by atoms with E-state index in [1.807, 2.05) is 55.5 Å². The summed E-state index contributed by atoms with van der Waals surface area (Å²) in [5.74, 6) is -0.496. The molecule has 1 N–H and O–H groups in total. The van der Waals surface area contributed by atoms with E-state index in [2.05, 4.69) is 4.98 Å². The van der Waals surface area contributed by atoms with Gasteiger partial charge in [-0.15, -0.1) is 0 Å². The minimum atomic E-state index is -0.842. The Morgan fingerprint density at radius 2 is 1.54 bits per heavy atom. The van der Waals surface area contributed by atoms with E-state index in [1.54, 1.807) is 42.5 Å². The van der Waals surface area contributed by atoms with Gasteiger partial charge in [0.2, 0.25) is 0 Å². The zero-order valence-electron chi connectivity index (χ0n) is 19.0. The molecule has 1 unspecified atom stereocenters. The van der Waals surface area contributed by atoms with Crippen molar-refractivity contribution >= 4 is 23.1 Å². The van der Waals surface area contributed by atoms with Gasteiger partial charge in [-0.25, -0.2) is 0 Å². The van der Waals surface area contributed by atoms with Crippen LogP contribution in [0.5, 0.6) is 11.5 Å². The maximum atomic E-state index is 13.3. The molecule has 4 aromatic rings. The lowest BCUT2D eigenvalue weighted by atomic mass is 9.95. The summed E-state index contributed by atoms with van der Waals surface area (Å²) in [6, 6.07) is 26.2. The van der Waals surface area contributed by atoms with E-state index in [-0.39, 0.29) is 11.3 Å². The molecule has 1 saturated heterocycles. The van der Waals surface area contributed by atoms with Gasteiger partial charge < -0.3 is 9.84 Å². The molecule has 1 fully saturated rings. The third-order valence-corrected chi connectivity index (χ3v) is 5.86. The second kappa shape index (κ2) is 9.27. The number of benzene rings is 3. The number of aromatic nitrogens is 1. The Hall–Kier alpha value is -4.71. The molecular weight excluding hydrogens is 440 g/mol. The smallest absolute Gasteiger partial charge is 0.300 e. The van der Waals surface area contributed by atoms with Crippen molar-refractivity contribution in [2.75, 3.05) is 4.90 Å². The highest BCUT2D eigenvalue weighted by Crippen LogP contribution is 2.43. The lowest BCUT2D eigenvalue weighted by Gasteiger charge is -2.26. The fourth-order valence-corrected chi connectivity index (χ4v) is 4.16. The molecule has 0 aliphatic carbocycles. The first-order chi connectivity index (χ1) is 17.0. The summed E-state index contributed by atoms with van der Waals surface area (Å²) < 4.78 is 5.99. The van der Waals surface area contributed by atoms with Gasteiger partial charge in [0.15, 0.2) is 0 Å². The van der Waals surface area contributed by atoms with Crippen molar-refractivity contribution in [3.63, 3.8) is 0 Å². The number of carbonyl (C=O) groups is 2. The van der Waals surface area contributed by atoms with Crippen molar-refractivity contribution in [2.45, 2.75) is 13.0 Å². The van der Waals surface area contributed by atoms with Gasteiger partial charge in [0.25, 0.3) is 11.7 Å². The summed E-state index contributed by atoms with van der Waals surface area (Å²) in [5, 5.41) is 11.2. The number of aliphatic hydroxyl groups is 1. The van der Waals surface area contributed by atoms with Gasteiger partial charge in [-0.05, 0) is 61.0 Å². The minimum absolute atomic E-state index is 0.0126. The maximum absolute atomic E-state index is 13.3. The summed E-state index contributed by atoms with van der Waals surface area (Å²) in [5.41, 5.74) is 2.64. The van der Waals surface area contributed by atoms with E-state index in [4.69, 9.17) is 4.74 Å². The van der Waals surface area contributed by atoms with Crippen molar-refractivity contribution in [2.24, 2.45) is 0 Å². The highest BCUT2D eigenvalue weighted by Gasteiger charge is 2.47. The van der Waals surface area contributed by atoms with E-state index >= 15 is 0 Å². The molecule has 0 saturated carbocycles. The number of anilines is 1. The Morgan fingerprint density at radius 3 is 2.26 bits per heavy atom. The average Bonchev–Trinajstić information content (AvgIpc) is 3.16. The number of aliphatic hydroxyl groups excluding tert-OH is 1. The second-order valence-electron chi connectivity index (χ2n) is 8.23. The number of hydrogen-bond acceptors (Lipinski definition) is 5. The summed E-state index contributed by atoms with van der Waals surface area (Å²) >= 11 is 0. The number of carbonyl (C=O) groups excluding carboxylic acids is 2. The van der Waals surface area contributed by atoms with Gasteiger partial charge in [0.05, 0.1) is 11.6 Å². The first-order valence-corrected chi connectivity index (χ1v) is 11.1. The van der Waals surface area contributed by atoms with Crippen LogP contribution in [-0.4, -0.2) is 21.8 Å². The summed E-state index contributed by atoms with van der Waals surface area (Å²) in [4.78, 5) is 32.0. The lowest BCUT2D eigenvalue weighted by Crippen LogP contribution is -2.29. The van der Waals surface area contributed by atoms with Crippen molar-refractivity contribution in [3.05, 3.63) is 126 Å². The molecule has 1 aromatic heterocycles. The number of Topliss-reactive ketones (excluding diaryl/α,β-unsaturated/α-hetero) is 1. The first-order valence-electron chi connectivity index (χ1n) is 11.1. The van der Waals surface area contributed by atoms with Gasteiger partial charge in [0.1, 0.15) is 17.3 Å². The van der Waals surface area contributed by atoms with Crippen LogP contribution in [-0.2, 0) is 9.59 Å². The van der Waals surface area contributed by atoms with E-state index in [1.165, 1.54) is 17.3 Å². The highest BCUT2D eigenvalue weighted by atomic mass is 16.5. The van der Waals surface area contributed by atoms with Gasteiger partial charge >= 0.3 is 0 Å². The molecule has 1 aliphatic rings. The zero-order chi connectivity index (χ0) is 24.4. The van der Waals surface area contributed by atoms with Gasteiger partial charge in [-0.3, -0.25) is 19.5 Å². The van der Waals surface area contributed by atoms with Crippen LogP contribution in [0.2, 0.25) is 0 Å². The fourth-order valence-electron chi connectivity index (χ4n) is 4.16. The summed E-state index contributed by atoms with van der Waals surface area (Å²) in [6.45, 7) is 1.95. The molecular formula is C29H22N2O4. The lowest BCUT2D eigenvalue weighted by molar-refractivity contribution is -0.132. The molecule has 5 rings (SSSR count). The Kier molecular flexibility index (Phi) is 5.85. The second-order valence-corrected chi connectivity index (χ2v) is 8.23. The Balaban J connectivity index is 1.66. The van der Waals surface area contributed by atoms with Gasteiger partial charge in [0, 0.05) is 23.6 Å². The molecule has 6 heteroatoms. The van der Waals surface area contributed by atoms with Crippen LogP contribution >= 0.6 is 0 Å². The van der Waals surface area contributed by atoms with Crippen molar-refractivity contribution in [1.82, 2.24) is 4.98 Å². The van der Waals surface area contributed by atoms with E-state index in [0.29, 0.717) is 28.3 Å². The normalized spacial score (nSPS) is 16.9. The topological polar surface area (TPSA) is 79.7 Å². The van der Waals surface area contributed by atoms with Crippen LogP contribution in [0.15, 0.2) is 109 Å². The number of hydrogen-bond donors (Lipinski definition) is 1. The van der Waals surface area contributed by atoms with E-state index < -0.39 is 17.7 Å². The van der Waals surface area contributed by atoms with Gasteiger partial charge in [-0.1, -0.05) is 48.0 Å². The van der Waals surface area contributed by atoms with Crippen molar-refractivity contribution in [3.8, 4) is 11.5 Å². The minimum Gasteiger partial charge on any atom is -0.507 e. The predicted molar refractivity (Wildman–Crippen MR) is 133 cm³/mol. The summed E-state index contributed by atoms with van der Waals surface area (Å²) in [7, 11) is 0. The molecule has 1 atom stereocenters. The van der Waals surface area contributed by atoms with Crippen molar-refractivity contribution < 1.29 is 19.4 Å². The van der Waals surface area contributed by atoms with Crippen LogP contribution in [0.1, 0.15) is 22.7 Å². The number of ketones is 1. The third-order valence-electron chi connectivity index (χ3n) is 5.86. The van der Waals surface area contributed by atoms with Crippen LogP contribution in [0.25, 0.3) is 5.76 Å². The molecule has 2 heterocycles. The van der Waals surface area contributed by atoms with Crippen LogP contribution in [0, 0.1) is 6.92 Å². The number of amides is 1. The molecule has 1 amide bonds. The number of aryl methyl sites for hydroxylation is 1. The Labute approximate surface area is 202 Å². The first kappa shape index (κ1) is 22.1. The number of nitrogens with zero attached hydrogens (tertiary/aromatic N) is 2. The number of rotatable bonds is 5. The third kappa shape index (κ3) is 4.29. The molecule has 0 spiro atoms. The Bertz CT molecular complexity index is 1410. The molecule has 35 heavy (non-hydrogen) atoms. The SMILES string of the molecule is Cc1ccc(N2C(=O)C(=O)/C(=C(\O)c3ccncc3)C2c2cccc(Oc3ccccc3)c2)cc1.